The van der Waals surface area contributed by atoms with Gasteiger partial charge in [0.25, 0.3) is 0 Å². The third kappa shape index (κ3) is 3.50. The van der Waals surface area contributed by atoms with Gasteiger partial charge in [-0.25, -0.2) is 9.59 Å². The molecule has 13 heavy (non-hydrogen) atoms. The number of nitriles is 1. The summed E-state index contributed by atoms with van der Waals surface area (Å²) in [5, 5.41) is 33.4. The third-order valence-electron chi connectivity index (χ3n) is 1.11. The lowest BCUT2D eigenvalue weighted by Crippen LogP contribution is -2.41. The van der Waals surface area contributed by atoms with Crippen LogP contribution in [0.5, 0.6) is 0 Å². The van der Waals surface area contributed by atoms with Crippen LogP contribution in [0.2, 0.25) is 0 Å². The number of aliphatic hydroxyl groups is 1. The Kier molecular flexibility index (Phi) is 4.43. The largest absolute Gasteiger partial charge is 0.479 e. The molecule has 0 bridgehead atoms. The molecule has 7 heteroatoms. The fraction of sp³-hybridized carbons (Fsp3) is 0.500. The quantitative estimate of drug-likeness (QED) is 0.476. The van der Waals surface area contributed by atoms with E-state index in [-0.39, 0.29) is 0 Å². The average molecular weight is 189 g/mol. The van der Waals surface area contributed by atoms with E-state index >= 15 is 0 Å². The molecular formula is C6H7NO6. The predicted molar refractivity (Wildman–Crippen MR) is 36.6 cm³/mol. The van der Waals surface area contributed by atoms with Gasteiger partial charge < -0.3 is 20.1 Å². The summed E-state index contributed by atoms with van der Waals surface area (Å²) < 4.78 is 4.28. The molecule has 2 unspecified atom stereocenters. The molecule has 0 fully saturated rings. The molecule has 0 aromatic carbocycles. The maximum absolute atomic E-state index is 10.3. The molecule has 0 rings (SSSR count). The highest BCUT2D eigenvalue weighted by Gasteiger charge is 2.32. The molecule has 72 valence electrons. The van der Waals surface area contributed by atoms with Crippen LogP contribution in [0.3, 0.4) is 0 Å². The van der Waals surface area contributed by atoms with Crippen molar-refractivity contribution in [3.63, 3.8) is 0 Å². The van der Waals surface area contributed by atoms with Crippen molar-refractivity contribution in [2.75, 3.05) is 6.61 Å². The number of carboxylic acid groups (broad SMARTS) is 2. The summed E-state index contributed by atoms with van der Waals surface area (Å²) in [4.78, 5) is 20.4. The first-order valence-corrected chi connectivity index (χ1v) is 3.13. The Morgan fingerprint density at radius 3 is 2.23 bits per heavy atom. The standard InChI is InChI=1S/C6H7NO6/c7-1-2-13-4(6(11)12)3(8)5(9)10/h3-4,8H,2H2,(H,9,10)(H,11,12). The van der Waals surface area contributed by atoms with Gasteiger partial charge in [-0.2, -0.15) is 5.26 Å². The molecule has 3 N–H and O–H groups in total. The topological polar surface area (TPSA) is 128 Å². The van der Waals surface area contributed by atoms with Crippen LogP contribution in [0.1, 0.15) is 0 Å². The number of hydrogen-bond acceptors (Lipinski definition) is 5. The molecule has 0 saturated carbocycles. The van der Waals surface area contributed by atoms with E-state index in [1.54, 1.807) is 0 Å². The predicted octanol–water partition coefficient (Wildman–Crippen LogP) is -1.57. The highest BCUT2D eigenvalue weighted by molar-refractivity contribution is 5.83. The molecule has 0 spiro atoms. The maximum Gasteiger partial charge on any atom is 0.336 e. The van der Waals surface area contributed by atoms with Crippen LogP contribution >= 0.6 is 0 Å². The molecule has 0 saturated heterocycles. The SMILES string of the molecule is N#CCOC(C(=O)O)C(O)C(=O)O. The smallest absolute Gasteiger partial charge is 0.336 e. The summed E-state index contributed by atoms with van der Waals surface area (Å²) in [5.74, 6) is -3.35. The second-order valence-corrected chi connectivity index (χ2v) is 2.01. The van der Waals surface area contributed by atoms with Gasteiger partial charge in [-0.05, 0) is 0 Å². The number of carbonyl (C=O) groups is 2. The van der Waals surface area contributed by atoms with Crippen LogP contribution in [-0.2, 0) is 14.3 Å². The molecule has 0 aromatic heterocycles. The fourth-order valence-corrected chi connectivity index (χ4v) is 0.554. The average Bonchev–Trinajstić information content (AvgIpc) is 2.04. The van der Waals surface area contributed by atoms with Gasteiger partial charge in [0.05, 0.1) is 6.07 Å². The van der Waals surface area contributed by atoms with E-state index in [9.17, 15) is 9.59 Å². The van der Waals surface area contributed by atoms with Gasteiger partial charge in [-0.1, -0.05) is 0 Å². The monoisotopic (exact) mass is 189 g/mol. The van der Waals surface area contributed by atoms with E-state index in [2.05, 4.69) is 4.74 Å². The Morgan fingerprint density at radius 2 is 1.92 bits per heavy atom. The summed E-state index contributed by atoms with van der Waals surface area (Å²) >= 11 is 0. The van der Waals surface area contributed by atoms with Gasteiger partial charge in [-0.3, -0.25) is 0 Å². The highest BCUT2D eigenvalue weighted by atomic mass is 16.5. The number of aliphatic hydroxyl groups excluding tert-OH is 1. The van der Waals surface area contributed by atoms with Crippen LogP contribution in [0.15, 0.2) is 0 Å². The first-order valence-electron chi connectivity index (χ1n) is 3.13. The van der Waals surface area contributed by atoms with Crippen molar-refractivity contribution in [2.24, 2.45) is 0 Å². The summed E-state index contributed by atoms with van der Waals surface area (Å²) in [5.41, 5.74) is 0. The zero-order chi connectivity index (χ0) is 10.4. The number of carboxylic acids is 2. The number of ether oxygens (including phenoxy) is 1. The molecule has 0 aliphatic carbocycles. The summed E-state index contributed by atoms with van der Waals surface area (Å²) in [6.45, 7) is -0.596. The molecule has 0 aliphatic rings. The Morgan fingerprint density at radius 1 is 1.38 bits per heavy atom. The summed E-state index contributed by atoms with van der Waals surface area (Å²) in [7, 11) is 0. The molecule has 0 amide bonds. The van der Waals surface area contributed by atoms with Gasteiger partial charge in [0.15, 0.2) is 12.2 Å². The van der Waals surface area contributed by atoms with Crippen molar-refractivity contribution in [1.29, 1.82) is 5.26 Å². The lowest BCUT2D eigenvalue weighted by atomic mass is 10.2. The van der Waals surface area contributed by atoms with E-state index in [0.29, 0.717) is 0 Å². The molecule has 2 atom stereocenters. The van der Waals surface area contributed by atoms with Crippen molar-refractivity contribution in [3.8, 4) is 6.07 Å². The van der Waals surface area contributed by atoms with Crippen LogP contribution in [0, 0.1) is 11.3 Å². The molecule has 0 heterocycles. The lowest BCUT2D eigenvalue weighted by molar-refractivity contribution is -0.169. The van der Waals surface area contributed by atoms with Crippen LogP contribution in [0.25, 0.3) is 0 Å². The van der Waals surface area contributed by atoms with Gasteiger partial charge in [0, 0.05) is 0 Å². The third-order valence-corrected chi connectivity index (χ3v) is 1.11. The summed E-state index contributed by atoms with van der Waals surface area (Å²) in [6, 6.07) is 1.46. The first kappa shape index (κ1) is 11.4. The minimum atomic E-state index is -2.18. The molecule has 0 radical (unpaired) electrons. The van der Waals surface area contributed by atoms with Gasteiger partial charge in [-0.15, -0.1) is 0 Å². The Hall–Kier alpha value is -1.65. The van der Waals surface area contributed by atoms with Gasteiger partial charge in [0.2, 0.25) is 0 Å². The van der Waals surface area contributed by atoms with Gasteiger partial charge >= 0.3 is 11.9 Å². The van der Waals surface area contributed by atoms with Gasteiger partial charge in [0.1, 0.15) is 6.61 Å². The highest BCUT2D eigenvalue weighted by Crippen LogP contribution is 2.00. The summed E-state index contributed by atoms with van der Waals surface area (Å²) in [6.07, 6.45) is -4.09. The lowest BCUT2D eigenvalue weighted by Gasteiger charge is -2.13. The van der Waals surface area contributed by atoms with Crippen LogP contribution < -0.4 is 0 Å². The first-order chi connectivity index (χ1) is 6.00. The number of aliphatic carboxylic acids is 2. The second kappa shape index (κ2) is 5.08. The number of hydrogen-bond donors (Lipinski definition) is 3. The maximum atomic E-state index is 10.3. The minimum Gasteiger partial charge on any atom is -0.479 e. The van der Waals surface area contributed by atoms with Crippen molar-refractivity contribution in [1.82, 2.24) is 0 Å². The van der Waals surface area contributed by atoms with E-state index < -0.39 is 30.8 Å². The molecule has 0 aromatic rings. The van der Waals surface area contributed by atoms with Crippen molar-refractivity contribution in [2.45, 2.75) is 12.2 Å². The normalized spacial score (nSPS) is 14.2. The number of nitrogens with zero attached hydrogens (tertiary/aromatic N) is 1. The second-order valence-electron chi connectivity index (χ2n) is 2.01. The van der Waals surface area contributed by atoms with E-state index in [0.717, 1.165) is 0 Å². The van der Waals surface area contributed by atoms with Crippen LogP contribution in [0.4, 0.5) is 0 Å². The van der Waals surface area contributed by atoms with Crippen molar-refractivity contribution >= 4 is 11.9 Å². The van der Waals surface area contributed by atoms with E-state index in [4.69, 9.17) is 20.6 Å². The van der Waals surface area contributed by atoms with E-state index in [1.807, 2.05) is 0 Å². The molecule has 0 aliphatic heterocycles. The van der Waals surface area contributed by atoms with E-state index in [1.165, 1.54) is 6.07 Å². The Balaban J connectivity index is 4.34. The van der Waals surface area contributed by atoms with Crippen molar-refractivity contribution < 1.29 is 29.6 Å². The molecular weight excluding hydrogens is 182 g/mol. The fourth-order valence-electron chi connectivity index (χ4n) is 0.554. The zero-order valence-electron chi connectivity index (χ0n) is 6.38. The Bertz CT molecular complexity index is 244. The Labute approximate surface area is 72.8 Å². The van der Waals surface area contributed by atoms with Crippen LogP contribution in [-0.4, -0.2) is 46.1 Å². The zero-order valence-corrected chi connectivity index (χ0v) is 6.38. The van der Waals surface area contributed by atoms with Crippen molar-refractivity contribution in [3.05, 3.63) is 0 Å². The molecule has 7 nitrogen and oxygen atoms in total. The minimum absolute atomic E-state index is 0.596. The number of rotatable bonds is 5.